The van der Waals surface area contributed by atoms with Gasteiger partial charge in [-0.25, -0.2) is 0 Å². The van der Waals surface area contributed by atoms with E-state index in [0.29, 0.717) is 13.1 Å². The van der Waals surface area contributed by atoms with Gasteiger partial charge in [0.15, 0.2) is 0 Å². The second-order valence-corrected chi connectivity index (χ2v) is 7.04. The van der Waals surface area contributed by atoms with E-state index in [2.05, 4.69) is 6.92 Å². The molecular weight excluding hydrogens is 286 g/mol. The summed E-state index contributed by atoms with van der Waals surface area (Å²) < 4.78 is 0. The highest BCUT2D eigenvalue weighted by molar-refractivity contribution is 4.58. The maximum atomic E-state index is 9.74. The van der Waals surface area contributed by atoms with Gasteiger partial charge in [-0.05, 0) is 6.42 Å². The van der Waals surface area contributed by atoms with Crippen LogP contribution < -0.4 is 0 Å². The predicted molar refractivity (Wildman–Crippen MR) is 100.0 cm³/mol. The molecule has 0 spiro atoms. The summed E-state index contributed by atoms with van der Waals surface area (Å²) in [6, 6.07) is 0. The van der Waals surface area contributed by atoms with Gasteiger partial charge in [-0.1, -0.05) is 104 Å². The third kappa shape index (κ3) is 18.1. The average molecular weight is 330 g/mol. The quantitative estimate of drug-likeness (QED) is 0.242. The number of nitrogens with zero attached hydrogens (tertiary/aromatic N) is 1. The van der Waals surface area contributed by atoms with E-state index >= 15 is 0 Å². The predicted octanol–water partition coefficient (Wildman–Crippen LogP) is 5.93. The second kappa shape index (κ2) is 18.2. The van der Waals surface area contributed by atoms with Crippen molar-refractivity contribution in [1.82, 2.24) is 5.06 Å². The zero-order valence-corrected chi connectivity index (χ0v) is 15.9. The molecule has 3 nitrogen and oxygen atoms in total. The summed E-state index contributed by atoms with van der Waals surface area (Å²) in [7, 11) is 0. The molecule has 3 heteroatoms. The van der Waals surface area contributed by atoms with Crippen LogP contribution >= 0.6 is 0 Å². The van der Waals surface area contributed by atoms with Gasteiger partial charge in [-0.3, -0.25) is 0 Å². The van der Waals surface area contributed by atoms with Crippen molar-refractivity contribution in [3.05, 3.63) is 0 Å². The Kier molecular flexibility index (Phi) is 18.1. The van der Waals surface area contributed by atoms with Gasteiger partial charge in [0.2, 0.25) is 0 Å². The Hall–Kier alpha value is -0.120. The van der Waals surface area contributed by atoms with Gasteiger partial charge in [0.05, 0.1) is 6.10 Å². The van der Waals surface area contributed by atoms with Crippen LogP contribution in [0.4, 0.5) is 0 Å². The van der Waals surface area contributed by atoms with E-state index in [4.69, 9.17) is 0 Å². The van der Waals surface area contributed by atoms with Crippen molar-refractivity contribution < 1.29 is 10.3 Å². The summed E-state index contributed by atoms with van der Waals surface area (Å²) in [5.74, 6) is 0. The summed E-state index contributed by atoms with van der Waals surface area (Å²) in [5, 5.41) is 20.2. The molecule has 1 unspecified atom stereocenters. The summed E-state index contributed by atoms with van der Waals surface area (Å²) in [6.07, 6.45) is 19.5. The van der Waals surface area contributed by atoms with Gasteiger partial charge in [-0.15, -0.1) is 0 Å². The van der Waals surface area contributed by atoms with Crippen LogP contribution in [0.2, 0.25) is 0 Å². The van der Waals surface area contributed by atoms with Crippen LogP contribution in [0.25, 0.3) is 0 Å². The minimum atomic E-state index is -0.378. The minimum absolute atomic E-state index is 0.378. The molecule has 0 rings (SSSR count). The molecule has 0 aromatic heterocycles. The molecule has 0 fully saturated rings. The van der Waals surface area contributed by atoms with Crippen molar-refractivity contribution in [3.63, 3.8) is 0 Å². The van der Waals surface area contributed by atoms with Crippen molar-refractivity contribution in [2.75, 3.05) is 13.1 Å². The molecule has 0 amide bonds. The molecule has 2 N–H and O–H groups in total. The lowest BCUT2D eigenvalue weighted by atomic mass is 10.0. The van der Waals surface area contributed by atoms with E-state index < -0.39 is 0 Å². The van der Waals surface area contributed by atoms with E-state index in [1.165, 1.54) is 88.5 Å². The fraction of sp³-hybridized carbons (Fsp3) is 1.00. The van der Waals surface area contributed by atoms with Crippen LogP contribution in [0.3, 0.4) is 0 Å². The normalized spacial score (nSPS) is 12.9. The summed E-state index contributed by atoms with van der Waals surface area (Å²) >= 11 is 0. The molecule has 0 aromatic rings. The van der Waals surface area contributed by atoms with Gasteiger partial charge in [0.1, 0.15) is 0 Å². The molecule has 0 aliphatic carbocycles. The average Bonchev–Trinajstić information content (AvgIpc) is 2.55. The van der Waals surface area contributed by atoms with Gasteiger partial charge in [0.25, 0.3) is 0 Å². The SMILES string of the molecule is CCCCCCCCCCCCCCCCC(O)CN(O)CC. The van der Waals surface area contributed by atoms with Crippen LogP contribution in [-0.4, -0.2) is 34.6 Å². The maximum Gasteiger partial charge on any atom is 0.0690 e. The zero-order valence-electron chi connectivity index (χ0n) is 15.9. The number of hydrogen-bond donors (Lipinski definition) is 2. The lowest BCUT2D eigenvalue weighted by molar-refractivity contribution is -0.110. The largest absolute Gasteiger partial charge is 0.392 e. The Morgan fingerprint density at radius 3 is 1.43 bits per heavy atom. The molecule has 0 aliphatic rings. The fourth-order valence-electron chi connectivity index (χ4n) is 3.04. The van der Waals surface area contributed by atoms with E-state index in [-0.39, 0.29) is 6.10 Å². The number of unbranched alkanes of at least 4 members (excludes halogenated alkanes) is 13. The highest BCUT2D eigenvalue weighted by Crippen LogP contribution is 2.13. The molecular formula is C20H43NO2. The number of likely N-dealkylation sites (N-methyl/N-ethyl adjacent to an activating group) is 1. The number of aliphatic hydroxyl groups is 1. The zero-order chi connectivity index (χ0) is 17.2. The molecule has 0 bridgehead atoms. The van der Waals surface area contributed by atoms with Gasteiger partial charge < -0.3 is 10.3 Å². The maximum absolute atomic E-state index is 9.74. The highest BCUT2D eigenvalue weighted by Gasteiger charge is 2.07. The van der Waals surface area contributed by atoms with Gasteiger partial charge in [0, 0.05) is 13.1 Å². The minimum Gasteiger partial charge on any atom is -0.392 e. The highest BCUT2D eigenvalue weighted by atomic mass is 16.5. The summed E-state index contributed by atoms with van der Waals surface area (Å²) in [5.41, 5.74) is 0. The molecule has 0 saturated heterocycles. The van der Waals surface area contributed by atoms with E-state index in [9.17, 15) is 10.3 Å². The van der Waals surface area contributed by atoms with Crippen LogP contribution in [0.1, 0.15) is 110 Å². The topological polar surface area (TPSA) is 43.7 Å². The molecule has 0 radical (unpaired) electrons. The van der Waals surface area contributed by atoms with Crippen molar-refractivity contribution in [3.8, 4) is 0 Å². The molecule has 1 atom stereocenters. The third-order valence-electron chi connectivity index (χ3n) is 4.68. The monoisotopic (exact) mass is 329 g/mol. The van der Waals surface area contributed by atoms with E-state index in [1.807, 2.05) is 6.92 Å². The number of aliphatic hydroxyl groups excluding tert-OH is 1. The first-order valence-corrected chi connectivity index (χ1v) is 10.3. The van der Waals surface area contributed by atoms with Crippen molar-refractivity contribution in [2.45, 2.75) is 116 Å². The lowest BCUT2D eigenvalue weighted by Gasteiger charge is -2.16. The standard InChI is InChI=1S/C20H43NO2/c1-3-5-6-7-8-9-10-11-12-13-14-15-16-17-18-20(22)19-21(23)4-2/h20,22-23H,3-19H2,1-2H3. The van der Waals surface area contributed by atoms with Crippen LogP contribution in [0.15, 0.2) is 0 Å². The Morgan fingerprint density at radius 2 is 1.04 bits per heavy atom. The Labute approximate surface area is 145 Å². The number of rotatable bonds is 18. The Balaban J connectivity index is 3.10. The first-order chi connectivity index (χ1) is 11.2. The van der Waals surface area contributed by atoms with Crippen molar-refractivity contribution >= 4 is 0 Å². The van der Waals surface area contributed by atoms with Crippen molar-refractivity contribution in [1.29, 1.82) is 0 Å². The molecule has 0 heterocycles. The number of hydroxylamine groups is 2. The molecule has 140 valence electrons. The second-order valence-electron chi connectivity index (χ2n) is 7.04. The van der Waals surface area contributed by atoms with Crippen LogP contribution in [0.5, 0.6) is 0 Å². The van der Waals surface area contributed by atoms with Crippen LogP contribution in [-0.2, 0) is 0 Å². The number of hydrogen-bond acceptors (Lipinski definition) is 3. The molecule has 0 saturated carbocycles. The Morgan fingerprint density at radius 1 is 0.652 bits per heavy atom. The summed E-state index contributed by atoms with van der Waals surface area (Å²) in [6.45, 7) is 5.13. The smallest absolute Gasteiger partial charge is 0.0690 e. The fourth-order valence-corrected chi connectivity index (χ4v) is 3.04. The van der Waals surface area contributed by atoms with Crippen LogP contribution in [0, 0.1) is 0 Å². The molecule has 23 heavy (non-hydrogen) atoms. The summed E-state index contributed by atoms with van der Waals surface area (Å²) in [4.78, 5) is 0. The van der Waals surface area contributed by atoms with Crippen molar-refractivity contribution in [2.24, 2.45) is 0 Å². The Bertz CT molecular complexity index is 224. The lowest BCUT2D eigenvalue weighted by Crippen LogP contribution is -2.29. The van der Waals surface area contributed by atoms with Gasteiger partial charge >= 0.3 is 0 Å². The van der Waals surface area contributed by atoms with E-state index in [0.717, 1.165) is 12.8 Å². The van der Waals surface area contributed by atoms with Gasteiger partial charge in [-0.2, -0.15) is 5.06 Å². The molecule has 0 aliphatic heterocycles. The molecule has 0 aromatic carbocycles. The first kappa shape index (κ1) is 22.9. The third-order valence-corrected chi connectivity index (χ3v) is 4.68. The van der Waals surface area contributed by atoms with E-state index in [1.54, 1.807) is 0 Å². The first-order valence-electron chi connectivity index (χ1n) is 10.3.